The molecule has 2 heterocycles. The fourth-order valence-electron chi connectivity index (χ4n) is 1.91. The fraction of sp³-hybridized carbons (Fsp3) is 0.778. The van der Waals surface area contributed by atoms with Gasteiger partial charge in [-0.25, -0.2) is 0 Å². The number of carbonyl (C=O) groups excluding carboxylic acids is 2. The first-order valence-corrected chi connectivity index (χ1v) is 6.01. The Hall–Kier alpha value is -0.710. The summed E-state index contributed by atoms with van der Waals surface area (Å²) in [6.45, 7) is 1.99. The third kappa shape index (κ3) is 1.73. The van der Waals surface area contributed by atoms with Crippen molar-refractivity contribution in [3.8, 4) is 0 Å². The maximum atomic E-state index is 11.8. The number of hydrogen-bond acceptors (Lipinski definition) is 3. The van der Waals surface area contributed by atoms with Crippen LogP contribution in [0.15, 0.2) is 0 Å². The van der Waals surface area contributed by atoms with Crippen LogP contribution >= 0.6 is 11.8 Å². The Morgan fingerprint density at radius 3 is 2.93 bits per heavy atom. The second-order valence-electron chi connectivity index (χ2n) is 3.77. The predicted molar refractivity (Wildman–Crippen MR) is 55.0 cm³/mol. The van der Waals surface area contributed by atoms with Gasteiger partial charge in [-0.05, 0) is 19.1 Å². The topological polar surface area (TPSA) is 49.4 Å². The third-order valence-electron chi connectivity index (χ3n) is 2.69. The highest BCUT2D eigenvalue weighted by Gasteiger charge is 2.35. The third-order valence-corrected chi connectivity index (χ3v) is 3.84. The first kappa shape index (κ1) is 9.83. The van der Waals surface area contributed by atoms with Crippen molar-refractivity contribution in [2.45, 2.75) is 25.4 Å². The Labute approximate surface area is 87.4 Å². The van der Waals surface area contributed by atoms with Gasteiger partial charge in [-0.2, -0.15) is 11.8 Å². The molecule has 2 atom stereocenters. The lowest BCUT2D eigenvalue weighted by molar-refractivity contribution is -0.145. The molecular formula is C9H14N2O2S. The van der Waals surface area contributed by atoms with Crippen LogP contribution in [0.5, 0.6) is 0 Å². The van der Waals surface area contributed by atoms with Crippen molar-refractivity contribution in [2.24, 2.45) is 0 Å². The van der Waals surface area contributed by atoms with E-state index < -0.39 is 0 Å². The van der Waals surface area contributed by atoms with E-state index in [0.29, 0.717) is 0 Å². The van der Waals surface area contributed by atoms with Gasteiger partial charge >= 0.3 is 0 Å². The largest absolute Gasteiger partial charge is 0.343 e. The lowest BCUT2D eigenvalue weighted by atomic mass is 10.1. The van der Waals surface area contributed by atoms with Gasteiger partial charge in [-0.15, -0.1) is 0 Å². The maximum Gasteiger partial charge on any atom is 0.245 e. The Kier molecular flexibility index (Phi) is 2.67. The summed E-state index contributed by atoms with van der Waals surface area (Å²) >= 11 is 1.85. The smallest absolute Gasteiger partial charge is 0.245 e. The van der Waals surface area contributed by atoms with E-state index in [1.54, 1.807) is 11.8 Å². The minimum absolute atomic E-state index is 0.0333. The standard InChI is InChI=1S/C9H14N2O2S/c1-6-9(13)11(4-8(12)10-6)7-2-3-14-5-7/h6-7H,2-5H2,1H3,(H,10,12). The van der Waals surface area contributed by atoms with E-state index in [-0.39, 0.29) is 30.4 Å². The number of rotatable bonds is 1. The quantitative estimate of drug-likeness (QED) is 0.660. The number of carbonyl (C=O) groups is 2. The maximum absolute atomic E-state index is 11.8. The summed E-state index contributed by atoms with van der Waals surface area (Å²) in [5.41, 5.74) is 0. The van der Waals surface area contributed by atoms with E-state index in [9.17, 15) is 9.59 Å². The summed E-state index contributed by atoms with van der Waals surface area (Å²) < 4.78 is 0. The molecule has 0 radical (unpaired) electrons. The number of amides is 2. The van der Waals surface area contributed by atoms with Crippen molar-refractivity contribution in [3.63, 3.8) is 0 Å². The Morgan fingerprint density at radius 2 is 2.29 bits per heavy atom. The molecule has 2 unspecified atom stereocenters. The minimum Gasteiger partial charge on any atom is -0.343 e. The van der Waals surface area contributed by atoms with Gasteiger partial charge < -0.3 is 10.2 Å². The Bertz CT molecular complexity index is 264. The fourth-order valence-corrected chi connectivity index (χ4v) is 3.13. The van der Waals surface area contributed by atoms with E-state index in [2.05, 4.69) is 5.32 Å². The molecule has 2 rings (SSSR count). The highest BCUT2D eigenvalue weighted by molar-refractivity contribution is 7.99. The SMILES string of the molecule is CC1NC(=O)CN(C2CCSC2)C1=O. The highest BCUT2D eigenvalue weighted by Crippen LogP contribution is 2.23. The molecule has 0 aromatic heterocycles. The van der Waals surface area contributed by atoms with Crippen LogP contribution in [0.1, 0.15) is 13.3 Å². The Balaban J connectivity index is 2.08. The number of hydrogen-bond donors (Lipinski definition) is 1. The zero-order valence-electron chi connectivity index (χ0n) is 8.16. The van der Waals surface area contributed by atoms with E-state index in [4.69, 9.17) is 0 Å². The monoisotopic (exact) mass is 214 g/mol. The lowest BCUT2D eigenvalue weighted by Crippen LogP contribution is -2.59. The van der Waals surface area contributed by atoms with Crippen LogP contribution in [-0.4, -0.2) is 46.8 Å². The summed E-state index contributed by atoms with van der Waals surface area (Å²) in [5.74, 6) is 2.11. The van der Waals surface area contributed by atoms with Crippen LogP contribution in [0.3, 0.4) is 0 Å². The molecule has 1 N–H and O–H groups in total. The van der Waals surface area contributed by atoms with Gasteiger partial charge in [-0.1, -0.05) is 0 Å². The van der Waals surface area contributed by atoms with Crippen LogP contribution in [0.2, 0.25) is 0 Å². The average Bonchev–Trinajstić information content (AvgIpc) is 2.63. The molecule has 2 aliphatic heterocycles. The van der Waals surface area contributed by atoms with Gasteiger partial charge in [0, 0.05) is 11.8 Å². The van der Waals surface area contributed by atoms with Crippen molar-refractivity contribution >= 4 is 23.6 Å². The molecule has 78 valence electrons. The van der Waals surface area contributed by atoms with Crippen molar-refractivity contribution in [3.05, 3.63) is 0 Å². The zero-order chi connectivity index (χ0) is 10.1. The average molecular weight is 214 g/mol. The molecule has 5 heteroatoms. The zero-order valence-corrected chi connectivity index (χ0v) is 8.97. The summed E-state index contributed by atoms with van der Waals surface area (Å²) in [4.78, 5) is 24.8. The van der Waals surface area contributed by atoms with Gasteiger partial charge in [0.05, 0.1) is 6.54 Å². The molecular weight excluding hydrogens is 200 g/mol. The van der Waals surface area contributed by atoms with Gasteiger partial charge in [0.15, 0.2) is 0 Å². The van der Waals surface area contributed by atoms with Gasteiger partial charge in [-0.3, -0.25) is 9.59 Å². The number of piperazine rings is 1. The van der Waals surface area contributed by atoms with E-state index >= 15 is 0 Å². The van der Waals surface area contributed by atoms with Crippen LogP contribution in [0.4, 0.5) is 0 Å². The lowest BCUT2D eigenvalue weighted by Gasteiger charge is -2.34. The van der Waals surface area contributed by atoms with Crippen molar-refractivity contribution in [1.82, 2.24) is 10.2 Å². The normalized spacial score (nSPS) is 33.4. The van der Waals surface area contributed by atoms with Crippen molar-refractivity contribution in [2.75, 3.05) is 18.1 Å². The van der Waals surface area contributed by atoms with Gasteiger partial charge in [0.25, 0.3) is 0 Å². The van der Waals surface area contributed by atoms with Crippen molar-refractivity contribution < 1.29 is 9.59 Å². The summed E-state index contributed by atoms with van der Waals surface area (Å²) in [7, 11) is 0. The predicted octanol–water partition coefficient (Wildman–Crippen LogP) is -0.161. The molecule has 0 bridgehead atoms. The highest BCUT2D eigenvalue weighted by atomic mass is 32.2. The molecule has 0 saturated carbocycles. The molecule has 2 fully saturated rings. The summed E-state index contributed by atoms with van der Waals surface area (Å²) in [6.07, 6.45) is 1.02. The number of thioether (sulfide) groups is 1. The van der Waals surface area contributed by atoms with Crippen LogP contribution in [0, 0.1) is 0 Å². The van der Waals surface area contributed by atoms with E-state index in [1.807, 2.05) is 11.8 Å². The second-order valence-corrected chi connectivity index (χ2v) is 4.92. The van der Waals surface area contributed by atoms with Gasteiger partial charge in [0.2, 0.25) is 11.8 Å². The molecule has 0 aromatic carbocycles. The number of nitrogens with zero attached hydrogens (tertiary/aromatic N) is 1. The molecule has 0 aliphatic carbocycles. The van der Waals surface area contributed by atoms with Crippen LogP contribution in [-0.2, 0) is 9.59 Å². The van der Waals surface area contributed by atoms with E-state index in [0.717, 1.165) is 17.9 Å². The Morgan fingerprint density at radius 1 is 1.50 bits per heavy atom. The molecule has 0 aromatic rings. The van der Waals surface area contributed by atoms with Crippen LogP contribution in [0.25, 0.3) is 0 Å². The van der Waals surface area contributed by atoms with Crippen molar-refractivity contribution in [1.29, 1.82) is 0 Å². The number of nitrogens with one attached hydrogen (secondary N) is 1. The second kappa shape index (κ2) is 3.81. The first-order chi connectivity index (χ1) is 6.68. The van der Waals surface area contributed by atoms with Gasteiger partial charge in [0.1, 0.15) is 6.04 Å². The molecule has 4 nitrogen and oxygen atoms in total. The molecule has 0 spiro atoms. The van der Waals surface area contributed by atoms with E-state index in [1.165, 1.54) is 0 Å². The minimum atomic E-state index is -0.346. The molecule has 14 heavy (non-hydrogen) atoms. The summed E-state index contributed by atoms with van der Waals surface area (Å²) in [6, 6.07) is -0.0668. The molecule has 2 aliphatic rings. The first-order valence-electron chi connectivity index (χ1n) is 4.86. The summed E-state index contributed by atoms with van der Waals surface area (Å²) in [5, 5.41) is 2.65. The molecule has 2 amide bonds. The van der Waals surface area contributed by atoms with Crippen LogP contribution < -0.4 is 5.32 Å². The molecule has 2 saturated heterocycles.